The van der Waals surface area contributed by atoms with E-state index in [-0.39, 0.29) is 11.3 Å². The maximum Gasteiger partial charge on any atom is 0.387 e. The van der Waals surface area contributed by atoms with Gasteiger partial charge in [0.1, 0.15) is 17.2 Å². The lowest BCUT2D eigenvalue weighted by Gasteiger charge is -2.11. The predicted octanol–water partition coefficient (Wildman–Crippen LogP) is 4.27. The van der Waals surface area contributed by atoms with Gasteiger partial charge < -0.3 is 19.5 Å². The molecular formula is C20H19F4NO4. The minimum atomic E-state index is -3.17. The average Bonchev–Trinajstić information content (AvgIpc) is 2.67. The summed E-state index contributed by atoms with van der Waals surface area (Å²) in [5.41, 5.74) is 1.02. The molecule has 2 aromatic carbocycles. The molecule has 0 unspecified atom stereocenters. The summed E-state index contributed by atoms with van der Waals surface area (Å²) in [6, 6.07) is 10.7. The highest BCUT2D eigenvalue weighted by molar-refractivity contribution is 5.92. The summed E-state index contributed by atoms with van der Waals surface area (Å²) in [5.74, 6) is -0.488. The molecule has 0 atom stereocenters. The van der Waals surface area contributed by atoms with Crippen LogP contribution in [-0.2, 0) is 11.2 Å². The SMILES string of the molecule is COc1ccccc1CCNC(=O)/C=C/c1ccc(OC(F)F)cc1OC(F)F. The number of carbonyl (C=O) groups excluding carboxylic acids is 1. The summed E-state index contributed by atoms with van der Waals surface area (Å²) in [7, 11) is 1.55. The third-order valence-corrected chi connectivity index (χ3v) is 3.73. The predicted molar refractivity (Wildman–Crippen MR) is 98.4 cm³/mol. The van der Waals surface area contributed by atoms with Gasteiger partial charge in [0.2, 0.25) is 5.91 Å². The summed E-state index contributed by atoms with van der Waals surface area (Å²) in [4.78, 5) is 12.0. The van der Waals surface area contributed by atoms with Crippen LogP contribution < -0.4 is 19.5 Å². The molecular weight excluding hydrogens is 394 g/mol. The minimum absolute atomic E-state index is 0.104. The van der Waals surface area contributed by atoms with Gasteiger partial charge in [-0.15, -0.1) is 0 Å². The van der Waals surface area contributed by atoms with Gasteiger partial charge in [0.15, 0.2) is 0 Å². The van der Waals surface area contributed by atoms with Crippen LogP contribution in [0.2, 0.25) is 0 Å². The highest BCUT2D eigenvalue weighted by Gasteiger charge is 2.12. The van der Waals surface area contributed by atoms with Gasteiger partial charge >= 0.3 is 13.2 Å². The van der Waals surface area contributed by atoms with Crippen molar-refractivity contribution in [3.63, 3.8) is 0 Å². The fourth-order valence-corrected chi connectivity index (χ4v) is 2.48. The lowest BCUT2D eigenvalue weighted by Crippen LogP contribution is -2.23. The Kier molecular flexibility index (Phi) is 8.32. The van der Waals surface area contributed by atoms with E-state index in [1.165, 1.54) is 12.1 Å². The molecule has 29 heavy (non-hydrogen) atoms. The number of alkyl halides is 4. The number of amides is 1. The number of hydrogen-bond donors (Lipinski definition) is 1. The molecule has 1 N–H and O–H groups in total. The maximum atomic E-state index is 12.6. The van der Waals surface area contributed by atoms with E-state index in [9.17, 15) is 22.4 Å². The van der Waals surface area contributed by atoms with Gasteiger partial charge in [0.25, 0.3) is 0 Å². The molecule has 2 rings (SSSR count). The Morgan fingerprint density at radius 2 is 1.76 bits per heavy atom. The first-order valence-electron chi connectivity index (χ1n) is 8.50. The molecule has 0 aliphatic rings. The molecule has 1 amide bonds. The Labute approximate surface area is 164 Å². The Bertz CT molecular complexity index is 843. The number of para-hydroxylation sites is 1. The second-order valence-corrected chi connectivity index (χ2v) is 5.64. The van der Waals surface area contributed by atoms with Crippen molar-refractivity contribution in [1.82, 2.24) is 5.32 Å². The quantitative estimate of drug-likeness (QED) is 0.467. The second-order valence-electron chi connectivity index (χ2n) is 5.64. The summed E-state index contributed by atoms with van der Waals surface area (Å²) in [6.45, 7) is -5.95. The Morgan fingerprint density at radius 1 is 1.03 bits per heavy atom. The van der Waals surface area contributed by atoms with Gasteiger partial charge in [-0.25, -0.2) is 0 Å². The van der Waals surface area contributed by atoms with E-state index in [0.29, 0.717) is 18.7 Å². The first-order valence-corrected chi connectivity index (χ1v) is 8.50. The van der Waals surface area contributed by atoms with Gasteiger partial charge in [0, 0.05) is 24.3 Å². The van der Waals surface area contributed by atoms with E-state index in [1.54, 1.807) is 7.11 Å². The fraction of sp³-hybridized carbons (Fsp3) is 0.250. The summed E-state index contributed by atoms with van der Waals surface area (Å²) < 4.78 is 63.4. The molecule has 0 fully saturated rings. The monoisotopic (exact) mass is 413 g/mol. The van der Waals surface area contributed by atoms with Gasteiger partial charge in [-0.2, -0.15) is 17.6 Å². The number of rotatable bonds is 10. The first-order chi connectivity index (χ1) is 13.9. The molecule has 0 spiro atoms. The Morgan fingerprint density at radius 3 is 2.45 bits per heavy atom. The summed E-state index contributed by atoms with van der Waals surface area (Å²) in [6.07, 6.45) is 2.90. The van der Waals surface area contributed by atoms with E-state index >= 15 is 0 Å². The second kappa shape index (κ2) is 10.9. The van der Waals surface area contributed by atoms with Crippen LogP contribution in [0, 0.1) is 0 Å². The smallest absolute Gasteiger partial charge is 0.387 e. The third kappa shape index (κ3) is 7.36. The van der Waals surface area contributed by atoms with Crippen molar-refractivity contribution in [2.75, 3.05) is 13.7 Å². The van der Waals surface area contributed by atoms with Gasteiger partial charge in [0.05, 0.1) is 7.11 Å². The lowest BCUT2D eigenvalue weighted by molar-refractivity contribution is -0.116. The molecule has 2 aromatic rings. The van der Waals surface area contributed by atoms with Crippen molar-refractivity contribution in [1.29, 1.82) is 0 Å². The largest absolute Gasteiger partial charge is 0.496 e. The van der Waals surface area contributed by atoms with Crippen molar-refractivity contribution >= 4 is 12.0 Å². The molecule has 0 aliphatic heterocycles. The van der Waals surface area contributed by atoms with Crippen molar-refractivity contribution in [2.24, 2.45) is 0 Å². The summed E-state index contributed by atoms with van der Waals surface area (Å²) >= 11 is 0. The number of hydrogen-bond acceptors (Lipinski definition) is 4. The van der Waals surface area contributed by atoms with Crippen LogP contribution in [-0.4, -0.2) is 32.8 Å². The average molecular weight is 413 g/mol. The van der Waals surface area contributed by atoms with Gasteiger partial charge in [-0.1, -0.05) is 18.2 Å². The highest BCUT2D eigenvalue weighted by atomic mass is 19.3. The topological polar surface area (TPSA) is 56.8 Å². The Hall–Kier alpha value is -3.23. The molecule has 0 saturated carbocycles. The lowest BCUT2D eigenvalue weighted by atomic mass is 10.1. The normalized spacial score (nSPS) is 11.1. The van der Waals surface area contributed by atoms with Crippen molar-refractivity contribution in [3.05, 3.63) is 59.7 Å². The molecule has 0 bridgehead atoms. The molecule has 0 radical (unpaired) electrons. The van der Waals surface area contributed by atoms with E-state index in [1.807, 2.05) is 24.3 Å². The zero-order chi connectivity index (χ0) is 21.2. The summed E-state index contributed by atoms with van der Waals surface area (Å²) in [5, 5.41) is 2.66. The standard InChI is InChI=1S/C20H19F4NO4/c1-27-16-5-3-2-4-13(16)10-11-25-18(26)9-7-14-6-8-15(28-19(21)22)12-17(14)29-20(23)24/h2-9,12,19-20H,10-11H2,1H3,(H,25,26)/b9-7+. The van der Waals surface area contributed by atoms with E-state index in [4.69, 9.17) is 4.74 Å². The molecule has 0 saturated heterocycles. The van der Waals surface area contributed by atoms with Crippen LogP contribution in [0.4, 0.5) is 17.6 Å². The molecule has 0 aliphatic carbocycles. The number of halogens is 4. The van der Waals surface area contributed by atoms with Crippen molar-refractivity contribution in [3.8, 4) is 17.2 Å². The van der Waals surface area contributed by atoms with Crippen LogP contribution >= 0.6 is 0 Å². The van der Waals surface area contributed by atoms with Gasteiger partial charge in [-0.3, -0.25) is 4.79 Å². The number of methoxy groups -OCH3 is 1. The number of nitrogens with one attached hydrogen (secondary N) is 1. The van der Waals surface area contributed by atoms with Crippen LogP contribution in [0.5, 0.6) is 17.2 Å². The van der Waals surface area contributed by atoms with E-state index in [0.717, 1.165) is 23.8 Å². The van der Waals surface area contributed by atoms with E-state index in [2.05, 4.69) is 14.8 Å². The van der Waals surface area contributed by atoms with Crippen molar-refractivity contribution in [2.45, 2.75) is 19.6 Å². The van der Waals surface area contributed by atoms with Crippen molar-refractivity contribution < 1.29 is 36.6 Å². The zero-order valence-corrected chi connectivity index (χ0v) is 15.4. The van der Waals surface area contributed by atoms with Crippen LogP contribution in [0.1, 0.15) is 11.1 Å². The molecule has 156 valence electrons. The van der Waals surface area contributed by atoms with Crippen LogP contribution in [0.15, 0.2) is 48.5 Å². The number of benzene rings is 2. The Balaban J connectivity index is 1.99. The molecule has 0 aromatic heterocycles. The number of carbonyl (C=O) groups is 1. The zero-order valence-electron chi connectivity index (χ0n) is 15.4. The van der Waals surface area contributed by atoms with Crippen LogP contribution in [0.3, 0.4) is 0 Å². The van der Waals surface area contributed by atoms with Gasteiger partial charge in [-0.05, 0) is 36.3 Å². The highest BCUT2D eigenvalue weighted by Crippen LogP contribution is 2.28. The third-order valence-electron chi connectivity index (χ3n) is 3.73. The molecule has 9 heteroatoms. The van der Waals surface area contributed by atoms with Crippen LogP contribution in [0.25, 0.3) is 6.08 Å². The maximum absolute atomic E-state index is 12.6. The minimum Gasteiger partial charge on any atom is -0.496 e. The fourth-order valence-electron chi connectivity index (χ4n) is 2.48. The molecule has 5 nitrogen and oxygen atoms in total. The first kappa shape index (κ1) is 22.1. The van der Waals surface area contributed by atoms with E-state index < -0.39 is 24.9 Å². The molecule has 0 heterocycles. The number of ether oxygens (including phenoxy) is 3.